The second kappa shape index (κ2) is 25.5. The van der Waals surface area contributed by atoms with E-state index in [0.29, 0.717) is 11.0 Å². The minimum Gasteiger partial charge on any atom is -0.756 e. The lowest BCUT2D eigenvalue weighted by Gasteiger charge is -2.29. The van der Waals surface area contributed by atoms with Crippen molar-refractivity contribution >= 4 is 13.7 Å². The summed E-state index contributed by atoms with van der Waals surface area (Å²) in [7, 11) is 1.23. The normalized spacial score (nSPS) is 15.4. The number of phosphoric acid groups is 1. The maximum absolute atomic E-state index is 12.0. The van der Waals surface area contributed by atoms with E-state index in [0.717, 1.165) is 19.3 Å². The van der Waals surface area contributed by atoms with Crippen molar-refractivity contribution in [3.8, 4) is 0 Å². The largest absolute Gasteiger partial charge is 0.756 e. The number of hydrogen-bond donors (Lipinski definition) is 2. The van der Waals surface area contributed by atoms with Gasteiger partial charge in [-0.3, -0.25) is 9.36 Å². The van der Waals surface area contributed by atoms with E-state index >= 15 is 0 Å². The van der Waals surface area contributed by atoms with Crippen molar-refractivity contribution in [2.45, 2.75) is 135 Å². The number of hydrogen-bond acceptors (Lipinski definition) is 6. The molecule has 1 amide bonds. The molecule has 0 fully saturated rings. The predicted molar refractivity (Wildman–Crippen MR) is 168 cm³/mol. The molecule has 3 unspecified atom stereocenters. The summed E-state index contributed by atoms with van der Waals surface area (Å²) in [5.74, 6) is -0.385. The van der Waals surface area contributed by atoms with Gasteiger partial charge in [-0.25, -0.2) is 0 Å². The van der Waals surface area contributed by atoms with Crippen LogP contribution in [0.4, 0.5) is 0 Å². The number of phosphoric ester groups is 1. The lowest BCUT2D eigenvalue weighted by molar-refractivity contribution is -0.870. The molecule has 0 aliphatic heterocycles. The Balaban J connectivity index is 3.95. The zero-order valence-corrected chi connectivity index (χ0v) is 27.9. The first-order valence-corrected chi connectivity index (χ1v) is 17.6. The van der Waals surface area contributed by atoms with E-state index in [4.69, 9.17) is 9.05 Å². The number of unbranched alkanes of at least 4 members (excludes halogenated alkanes) is 15. The Morgan fingerprint density at radius 3 is 1.83 bits per heavy atom. The van der Waals surface area contributed by atoms with E-state index in [9.17, 15) is 19.4 Å². The quantitative estimate of drug-likeness (QED) is 0.0440. The lowest BCUT2D eigenvalue weighted by atomic mass is 10.0. The minimum absolute atomic E-state index is 0.00947. The molecule has 0 aromatic rings. The summed E-state index contributed by atoms with van der Waals surface area (Å²) in [6.07, 6.45) is 28.6. The summed E-state index contributed by atoms with van der Waals surface area (Å²) in [5.41, 5.74) is 0. The average Bonchev–Trinajstić information content (AvgIpc) is 2.88. The monoisotopic (exact) mass is 602 g/mol. The summed E-state index contributed by atoms with van der Waals surface area (Å²) < 4.78 is 22.4. The number of allylic oxidation sites excluding steroid dienone is 3. The fraction of sp³-hybridized carbons (Fsp3) is 0.844. The van der Waals surface area contributed by atoms with Gasteiger partial charge in [-0.1, -0.05) is 115 Å². The molecule has 2 N–H and O–H groups in total. The smallest absolute Gasteiger partial charge is 0.268 e. The zero-order valence-electron chi connectivity index (χ0n) is 27.0. The van der Waals surface area contributed by atoms with E-state index in [1.807, 2.05) is 27.2 Å². The molecular formula is C32H63N2O6P. The van der Waals surface area contributed by atoms with Crippen LogP contribution in [0, 0.1) is 0 Å². The van der Waals surface area contributed by atoms with Crippen molar-refractivity contribution in [2.24, 2.45) is 0 Å². The minimum atomic E-state index is -4.54. The van der Waals surface area contributed by atoms with Crippen LogP contribution in [0.5, 0.6) is 0 Å². The highest BCUT2D eigenvalue weighted by Gasteiger charge is 2.22. The predicted octanol–water partition coefficient (Wildman–Crippen LogP) is 6.82. The van der Waals surface area contributed by atoms with E-state index in [-0.39, 0.29) is 12.5 Å². The third-order valence-electron chi connectivity index (χ3n) is 6.95. The highest BCUT2D eigenvalue weighted by molar-refractivity contribution is 7.45. The van der Waals surface area contributed by atoms with Gasteiger partial charge >= 0.3 is 0 Å². The average molecular weight is 603 g/mol. The molecule has 0 rings (SSSR count). The van der Waals surface area contributed by atoms with E-state index in [2.05, 4.69) is 24.4 Å². The third-order valence-corrected chi connectivity index (χ3v) is 7.91. The molecule has 0 aromatic carbocycles. The number of nitrogens with one attached hydrogen (secondary N) is 1. The number of carbonyl (C=O) groups excluding carboxylic acids is 1. The number of carbonyl (C=O) groups is 1. The van der Waals surface area contributed by atoms with Gasteiger partial charge in [0, 0.05) is 6.92 Å². The Hall–Kier alpha value is -1.02. The molecule has 8 nitrogen and oxygen atoms in total. The van der Waals surface area contributed by atoms with Crippen molar-refractivity contribution in [2.75, 3.05) is 40.9 Å². The van der Waals surface area contributed by atoms with Crippen LogP contribution >= 0.6 is 7.82 Å². The molecule has 0 radical (unpaired) electrons. The Morgan fingerprint density at radius 2 is 1.32 bits per heavy atom. The lowest BCUT2D eigenvalue weighted by Crippen LogP contribution is -2.45. The van der Waals surface area contributed by atoms with Gasteiger partial charge in [0.1, 0.15) is 13.2 Å². The molecule has 0 aliphatic rings. The van der Waals surface area contributed by atoms with Crippen LogP contribution in [0.1, 0.15) is 123 Å². The fourth-order valence-corrected chi connectivity index (χ4v) is 5.10. The number of nitrogens with zero attached hydrogens (tertiary/aromatic N) is 1. The summed E-state index contributed by atoms with van der Waals surface area (Å²) in [6, 6.07) is -0.899. The van der Waals surface area contributed by atoms with Gasteiger partial charge in [0.05, 0.1) is 39.9 Å². The van der Waals surface area contributed by atoms with Crippen LogP contribution in [-0.4, -0.2) is 68.5 Å². The van der Waals surface area contributed by atoms with Crippen LogP contribution in [0.2, 0.25) is 0 Å². The summed E-state index contributed by atoms with van der Waals surface area (Å²) >= 11 is 0. The van der Waals surface area contributed by atoms with Crippen molar-refractivity contribution in [1.29, 1.82) is 0 Å². The molecule has 0 aromatic heterocycles. The van der Waals surface area contributed by atoms with Crippen LogP contribution in [-0.2, 0) is 18.4 Å². The second-order valence-corrected chi connectivity index (χ2v) is 13.7. The molecule has 3 atom stereocenters. The maximum Gasteiger partial charge on any atom is 0.268 e. The molecule has 9 heteroatoms. The summed E-state index contributed by atoms with van der Waals surface area (Å²) in [6.45, 7) is 3.65. The second-order valence-electron chi connectivity index (χ2n) is 12.2. The third kappa shape index (κ3) is 28.9. The molecular weight excluding hydrogens is 539 g/mol. The Kier molecular flexibility index (Phi) is 24.8. The SMILES string of the molecule is CCCCCCCCCCCCCCCC/C=C/CC/C=C/C(O)C(COP(=O)([O-])OCC[N+](C)(C)C)NC(C)=O. The van der Waals surface area contributed by atoms with Crippen molar-refractivity contribution in [1.82, 2.24) is 5.32 Å². The first-order valence-electron chi connectivity index (χ1n) is 16.1. The van der Waals surface area contributed by atoms with Crippen molar-refractivity contribution in [3.05, 3.63) is 24.3 Å². The highest BCUT2D eigenvalue weighted by Crippen LogP contribution is 2.38. The van der Waals surface area contributed by atoms with Gasteiger partial charge in [0.25, 0.3) is 7.82 Å². The molecule has 0 saturated heterocycles. The topological polar surface area (TPSA) is 108 Å². The van der Waals surface area contributed by atoms with Gasteiger partial charge < -0.3 is 28.8 Å². The van der Waals surface area contributed by atoms with E-state index in [1.165, 1.54) is 96.8 Å². The Labute approximate surface area is 252 Å². The summed E-state index contributed by atoms with van der Waals surface area (Å²) in [5, 5.41) is 13.0. The van der Waals surface area contributed by atoms with Crippen molar-refractivity contribution in [3.63, 3.8) is 0 Å². The van der Waals surface area contributed by atoms with Gasteiger partial charge in [0.15, 0.2) is 0 Å². The number of rotatable bonds is 28. The molecule has 0 saturated carbocycles. The number of likely N-dealkylation sites (N-methyl/N-ethyl adjacent to an activating group) is 1. The maximum atomic E-state index is 12.0. The van der Waals surface area contributed by atoms with Crippen LogP contribution in [0.25, 0.3) is 0 Å². The molecule has 242 valence electrons. The first kappa shape index (κ1) is 40.0. The van der Waals surface area contributed by atoms with Gasteiger partial charge in [0.2, 0.25) is 5.91 Å². The number of aliphatic hydroxyl groups is 1. The van der Waals surface area contributed by atoms with Gasteiger partial charge in [-0.05, 0) is 25.7 Å². The van der Waals surface area contributed by atoms with E-state index in [1.54, 1.807) is 6.08 Å². The van der Waals surface area contributed by atoms with E-state index < -0.39 is 26.6 Å². The first-order chi connectivity index (χ1) is 19.5. The number of quaternary nitrogens is 1. The van der Waals surface area contributed by atoms with Crippen LogP contribution < -0.4 is 10.2 Å². The molecule has 0 bridgehead atoms. The van der Waals surface area contributed by atoms with Crippen molar-refractivity contribution < 1.29 is 32.9 Å². The molecule has 0 aliphatic carbocycles. The van der Waals surface area contributed by atoms with Crippen LogP contribution in [0.15, 0.2) is 24.3 Å². The van der Waals surface area contributed by atoms with Gasteiger partial charge in [-0.2, -0.15) is 0 Å². The van der Waals surface area contributed by atoms with Crippen LogP contribution in [0.3, 0.4) is 0 Å². The molecule has 41 heavy (non-hydrogen) atoms. The Bertz CT molecular complexity index is 738. The number of amides is 1. The number of aliphatic hydroxyl groups excluding tert-OH is 1. The molecule has 0 heterocycles. The Morgan fingerprint density at radius 1 is 0.829 bits per heavy atom. The zero-order chi connectivity index (χ0) is 30.8. The molecule has 0 spiro atoms. The highest BCUT2D eigenvalue weighted by atomic mass is 31.2. The standard InChI is InChI=1S/C32H63N2O6P/c1-6-7-8-9-10-11-12-13-14-15-16-17-18-19-20-21-22-23-24-25-26-32(36)31(33-30(2)35)29-40-41(37,38)39-28-27-34(3,4)5/h21-22,25-26,31-32,36H,6-20,23-24,27-29H2,1-5H3,(H-,33,35,37,38)/b22-21+,26-25+. The fourth-order valence-electron chi connectivity index (χ4n) is 4.38. The summed E-state index contributed by atoms with van der Waals surface area (Å²) in [4.78, 5) is 23.6. The van der Waals surface area contributed by atoms with Gasteiger partial charge in [-0.15, -0.1) is 0 Å².